The predicted octanol–water partition coefficient (Wildman–Crippen LogP) is 6.46. The van der Waals surface area contributed by atoms with Gasteiger partial charge in [-0.25, -0.2) is 14.4 Å². The monoisotopic (exact) mass is 834 g/mol. The van der Waals surface area contributed by atoms with Crippen molar-refractivity contribution in [3.63, 3.8) is 0 Å². The number of ketones is 1. The fourth-order valence-electron chi connectivity index (χ4n) is 3.86. The van der Waals surface area contributed by atoms with Gasteiger partial charge in [0.1, 0.15) is 18.3 Å². The van der Waals surface area contributed by atoms with Crippen LogP contribution < -0.4 is 0 Å². The highest BCUT2D eigenvalue weighted by atomic mass is 35.5. The molecule has 0 spiro atoms. The SMILES string of the molecule is CC(O)C#CC(C)O.COC(C)C#CC(C)OC(=O)c1ccc(C(=O)OC(C)C#CC(C)OC(=O)c2ccc(C(C)=O)cc2)cc1.O=C(Cl)c1ccc(C(=O)Cl)cc1. The molecule has 2 N–H and O–H groups in total. The van der Waals surface area contributed by atoms with Gasteiger partial charge in [-0.2, -0.15) is 0 Å². The lowest BCUT2D eigenvalue weighted by Crippen LogP contribution is -2.17. The van der Waals surface area contributed by atoms with Crippen molar-refractivity contribution in [2.75, 3.05) is 7.11 Å². The number of hydrogen-bond acceptors (Lipinski definition) is 12. The second kappa shape index (κ2) is 26.2. The molecule has 12 nitrogen and oxygen atoms in total. The topological polar surface area (TPSA) is 180 Å². The van der Waals surface area contributed by atoms with Gasteiger partial charge in [0, 0.05) is 23.8 Å². The van der Waals surface area contributed by atoms with Crippen LogP contribution in [-0.4, -0.2) is 88.1 Å². The maximum Gasteiger partial charge on any atom is 0.339 e. The van der Waals surface area contributed by atoms with Crippen LogP contribution in [0.25, 0.3) is 0 Å². The maximum absolute atomic E-state index is 12.4. The summed E-state index contributed by atoms with van der Waals surface area (Å²) in [4.78, 5) is 69.4. The fraction of sp³-hybridized carbons (Fsp3) is 0.318. The molecule has 0 saturated heterocycles. The Morgan fingerprint density at radius 2 is 0.690 bits per heavy atom. The molecule has 0 aliphatic heterocycles. The van der Waals surface area contributed by atoms with E-state index in [1.807, 2.05) is 0 Å². The molecule has 0 aliphatic carbocycles. The van der Waals surface area contributed by atoms with E-state index in [1.54, 1.807) is 53.7 Å². The first-order valence-corrected chi connectivity index (χ1v) is 18.2. The summed E-state index contributed by atoms with van der Waals surface area (Å²) in [5, 5.41) is 15.9. The molecule has 0 bridgehead atoms. The van der Waals surface area contributed by atoms with Crippen LogP contribution in [0.15, 0.2) is 72.8 Å². The molecule has 6 unspecified atom stereocenters. The zero-order chi connectivity index (χ0) is 43.9. The van der Waals surface area contributed by atoms with E-state index in [4.69, 9.17) is 52.4 Å². The number of aliphatic hydroxyl groups excluding tert-OH is 2. The second-order valence-electron chi connectivity index (χ2n) is 12.1. The molecular weight excluding hydrogens is 791 g/mol. The van der Waals surface area contributed by atoms with Crippen LogP contribution in [0.5, 0.6) is 0 Å². The highest BCUT2D eigenvalue weighted by Crippen LogP contribution is 2.12. The van der Waals surface area contributed by atoms with Crippen LogP contribution in [0.1, 0.15) is 111 Å². The first-order chi connectivity index (χ1) is 27.2. The zero-order valence-corrected chi connectivity index (χ0v) is 34.6. The summed E-state index contributed by atoms with van der Waals surface area (Å²) < 4.78 is 20.9. The molecule has 14 heteroatoms. The van der Waals surface area contributed by atoms with Crippen molar-refractivity contribution >= 4 is 57.4 Å². The van der Waals surface area contributed by atoms with Crippen molar-refractivity contribution < 1.29 is 57.9 Å². The Morgan fingerprint density at radius 1 is 0.448 bits per heavy atom. The van der Waals surface area contributed by atoms with Crippen LogP contribution in [-0.2, 0) is 18.9 Å². The average Bonchev–Trinajstić information content (AvgIpc) is 3.18. The van der Waals surface area contributed by atoms with Crippen molar-refractivity contribution in [1.82, 2.24) is 0 Å². The smallest absolute Gasteiger partial charge is 0.339 e. The van der Waals surface area contributed by atoms with Crippen LogP contribution in [0.2, 0.25) is 0 Å². The Hall–Kier alpha value is -5.78. The number of aliphatic hydroxyl groups is 2. The first-order valence-electron chi connectivity index (χ1n) is 17.5. The Bertz CT molecular complexity index is 2010. The van der Waals surface area contributed by atoms with Gasteiger partial charge in [0.05, 0.1) is 16.7 Å². The number of Topliss-reactive ketones (excluding diaryl/α,β-unsaturated/α-hetero) is 1. The van der Waals surface area contributed by atoms with Crippen molar-refractivity contribution in [2.45, 2.75) is 85.1 Å². The normalized spacial score (nSPS) is 12.8. The molecule has 0 aromatic heterocycles. The van der Waals surface area contributed by atoms with E-state index in [-0.39, 0.29) is 23.0 Å². The highest BCUT2D eigenvalue weighted by molar-refractivity contribution is 6.68. The highest BCUT2D eigenvalue weighted by Gasteiger charge is 2.15. The minimum absolute atomic E-state index is 0.102. The number of ether oxygens (including phenoxy) is 4. The Kier molecular flexibility index (Phi) is 22.7. The number of benzene rings is 3. The van der Waals surface area contributed by atoms with E-state index < -0.39 is 58.9 Å². The Balaban J connectivity index is 0.000000682. The van der Waals surface area contributed by atoms with Crippen molar-refractivity contribution in [1.29, 1.82) is 0 Å². The average molecular weight is 836 g/mol. The lowest BCUT2D eigenvalue weighted by atomic mass is 10.1. The summed E-state index contributed by atoms with van der Waals surface area (Å²) in [5.74, 6) is 14.0. The van der Waals surface area contributed by atoms with E-state index in [9.17, 15) is 28.8 Å². The molecule has 0 radical (unpaired) electrons. The third kappa shape index (κ3) is 20.4. The van der Waals surface area contributed by atoms with Gasteiger partial charge in [-0.1, -0.05) is 47.7 Å². The van der Waals surface area contributed by atoms with Gasteiger partial charge >= 0.3 is 17.9 Å². The third-order valence-electron chi connectivity index (χ3n) is 6.91. The zero-order valence-electron chi connectivity index (χ0n) is 33.1. The lowest BCUT2D eigenvalue weighted by molar-refractivity contribution is 0.0412. The molecule has 306 valence electrons. The van der Waals surface area contributed by atoms with Gasteiger partial charge in [-0.3, -0.25) is 14.4 Å². The van der Waals surface area contributed by atoms with Crippen molar-refractivity contribution in [3.8, 4) is 35.5 Å². The van der Waals surface area contributed by atoms with Crippen LogP contribution in [0.4, 0.5) is 0 Å². The third-order valence-corrected chi connectivity index (χ3v) is 7.34. The Labute approximate surface area is 348 Å². The molecule has 0 heterocycles. The van der Waals surface area contributed by atoms with Gasteiger partial charge in [0.25, 0.3) is 10.5 Å². The summed E-state index contributed by atoms with van der Waals surface area (Å²) in [7, 11) is 1.54. The number of carbonyl (C=O) groups excluding carboxylic acids is 6. The van der Waals surface area contributed by atoms with E-state index in [2.05, 4.69) is 35.5 Å². The summed E-state index contributed by atoms with van der Waals surface area (Å²) in [6.45, 7) is 11.1. The molecule has 0 fully saturated rings. The van der Waals surface area contributed by atoms with Gasteiger partial charge in [0.2, 0.25) is 0 Å². The number of halogens is 2. The Morgan fingerprint density at radius 3 is 0.914 bits per heavy atom. The molecule has 3 rings (SSSR count). The minimum Gasteiger partial charge on any atom is -0.446 e. The van der Waals surface area contributed by atoms with Crippen LogP contribution in [0, 0.1) is 35.5 Å². The first kappa shape index (κ1) is 50.2. The molecule has 3 aromatic carbocycles. The summed E-state index contributed by atoms with van der Waals surface area (Å²) in [5.41, 5.74) is 1.96. The van der Waals surface area contributed by atoms with Gasteiger partial charge < -0.3 is 29.2 Å². The minimum atomic E-state index is -0.781. The number of carbonyl (C=O) groups is 6. The standard InChI is InChI=1S/C30H30O8.C8H4Cl2O2.C6H10O2/c1-19(35-6)7-8-20(2)36-29(33)26-15-17-27(18-16-26)30(34)38-22(4)10-9-21(3)37-28(32)25-13-11-24(12-14-25)23(5)31;9-7(11)5-1-2-6(4-3-5)8(10)12;1-5(7)3-4-6(2)8/h11-22H,1-6H3;1-4H;5-8H,1-2H3. The number of esters is 3. The summed E-state index contributed by atoms with van der Waals surface area (Å²) in [6, 6.07) is 17.7. The van der Waals surface area contributed by atoms with E-state index >= 15 is 0 Å². The molecule has 0 saturated carbocycles. The molecule has 3 aromatic rings. The maximum atomic E-state index is 12.4. The van der Waals surface area contributed by atoms with E-state index in [0.29, 0.717) is 22.3 Å². The second-order valence-corrected chi connectivity index (χ2v) is 12.8. The summed E-state index contributed by atoms with van der Waals surface area (Å²) >= 11 is 10.4. The van der Waals surface area contributed by atoms with Gasteiger partial charge in [0.15, 0.2) is 24.1 Å². The van der Waals surface area contributed by atoms with Gasteiger partial charge in [-0.05, 0) is 132 Å². The fourth-order valence-corrected chi connectivity index (χ4v) is 4.11. The van der Waals surface area contributed by atoms with E-state index in [0.717, 1.165) is 0 Å². The number of hydrogen-bond donors (Lipinski definition) is 2. The van der Waals surface area contributed by atoms with Crippen LogP contribution in [0.3, 0.4) is 0 Å². The predicted molar refractivity (Wildman–Crippen MR) is 217 cm³/mol. The molecule has 0 amide bonds. The largest absolute Gasteiger partial charge is 0.446 e. The molecule has 58 heavy (non-hydrogen) atoms. The molecule has 6 atom stereocenters. The quantitative estimate of drug-likeness (QED) is 0.0750. The van der Waals surface area contributed by atoms with Crippen LogP contribution >= 0.6 is 23.2 Å². The lowest BCUT2D eigenvalue weighted by Gasteiger charge is -2.10. The van der Waals surface area contributed by atoms with Crippen molar-refractivity contribution in [2.24, 2.45) is 0 Å². The number of methoxy groups -OCH3 is 1. The molecule has 0 aliphatic rings. The molecular formula is C44H44Cl2O12. The van der Waals surface area contributed by atoms with E-state index in [1.165, 1.54) is 74.7 Å². The number of rotatable bonds is 10. The van der Waals surface area contributed by atoms with Gasteiger partial charge in [-0.15, -0.1) is 0 Å². The van der Waals surface area contributed by atoms with Crippen molar-refractivity contribution in [3.05, 3.63) is 106 Å². The summed E-state index contributed by atoms with van der Waals surface area (Å²) in [6.07, 6.45) is -3.71.